The van der Waals surface area contributed by atoms with Crippen LogP contribution in [0.25, 0.3) is 0 Å². The number of carbonyl (C=O) groups is 2. The Morgan fingerprint density at radius 2 is 1.94 bits per heavy atom. The highest BCUT2D eigenvalue weighted by atomic mass is 35.5. The van der Waals surface area contributed by atoms with Gasteiger partial charge < -0.3 is 26.2 Å². The Labute approximate surface area is 183 Å². The molecular weight excluding hydrogens is 439 g/mol. The Kier molecular flexibility index (Phi) is 7.31. The van der Waals surface area contributed by atoms with E-state index in [1.54, 1.807) is 18.2 Å². The van der Waals surface area contributed by atoms with Crippen molar-refractivity contribution < 1.29 is 33.0 Å². The van der Waals surface area contributed by atoms with Gasteiger partial charge in [-0.15, -0.1) is 0 Å². The lowest BCUT2D eigenvalue weighted by Crippen LogP contribution is -2.52. The molecule has 5 N–H and O–H groups in total. The van der Waals surface area contributed by atoms with Crippen LogP contribution in [0, 0.1) is 5.41 Å². The van der Waals surface area contributed by atoms with E-state index in [0.717, 1.165) is 0 Å². The second-order valence-electron chi connectivity index (χ2n) is 8.82. The van der Waals surface area contributed by atoms with Crippen LogP contribution >= 0.6 is 11.6 Å². The van der Waals surface area contributed by atoms with Crippen molar-refractivity contribution in [3.05, 3.63) is 34.3 Å². The molecule has 3 atom stereocenters. The topological polar surface area (TPSA) is 116 Å². The Hall–Kier alpha value is -1.88. The number of hydrogen-bond donors (Lipinski definition) is 4. The Morgan fingerprint density at radius 1 is 1.32 bits per heavy atom. The number of alkyl halides is 3. The predicted molar refractivity (Wildman–Crippen MR) is 108 cm³/mol. The number of halogens is 4. The highest BCUT2D eigenvalue weighted by Gasteiger charge is 2.62. The Morgan fingerprint density at radius 3 is 2.45 bits per heavy atom. The molecule has 7 nitrogen and oxygen atoms in total. The van der Waals surface area contributed by atoms with Gasteiger partial charge >= 0.3 is 6.18 Å². The number of aliphatic hydroxyl groups is 2. The van der Waals surface area contributed by atoms with E-state index in [2.05, 4.69) is 5.32 Å². The first kappa shape index (κ1) is 25.4. The maximum Gasteiger partial charge on any atom is 0.419 e. The SMILES string of the molecule is CC(C)(C)[C@H](O)C(=O)N1CC(O)(C(F)(F)F)C[C@H]1C(=O)NCc1cc(Cl)ccc1CN. The van der Waals surface area contributed by atoms with Crippen LogP contribution in [0.1, 0.15) is 38.3 Å². The number of likely N-dealkylation sites (tertiary alicyclic amines) is 1. The zero-order valence-electron chi connectivity index (χ0n) is 17.5. The molecule has 11 heteroatoms. The minimum Gasteiger partial charge on any atom is -0.383 e. The molecule has 0 spiro atoms. The zero-order chi connectivity index (χ0) is 23.8. The van der Waals surface area contributed by atoms with E-state index in [0.29, 0.717) is 21.0 Å². The van der Waals surface area contributed by atoms with Crippen molar-refractivity contribution in [1.82, 2.24) is 10.2 Å². The van der Waals surface area contributed by atoms with Crippen LogP contribution < -0.4 is 11.1 Å². The summed E-state index contributed by atoms with van der Waals surface area (Å²) in [4.78, 5) is 26.1. The van der Waals surface area contributed by atoms with E-state index in [-0.39, 0.29) is 13.1 Å². The van der Waals surface area contributed by atoms with Gasteiger partial charge in [-0.3, -0.25) is 9.59 Å². The van der Waals surface area contributed by atoms with Crippen molar-refractivity contribution in [3.8, 4) is 0 Å². The van der Waals surface area contributed by atoms with Crippen LogP contribution in [0.4, 0.5) is 13.2 Å². The fourth-order valence-electron chi connectivity index (χ4n) is 3.34. The molecule has 0 aliphatic carbocycles. The number of hydrogen-bond acceptors (Lipinski definition) is 5. The normalized spacial score (nSPS) is 23.0. The van der Waals surface area contributed by atoms with Gasteiger partial charge in [-0.1, -0.05) is 38.4 Å². The van der Waals surface area contributed by atoms with Crippen LogP contribution in [-0.4, -0.2) is 57.4 Å². The lowest BCUT2D eigenvalue weighted by Gasteiger charge is -2.32. The van der Waals surface area contributed by atoms with Crippen LogP contribution in [0.3, 0.4) is 0 Å². The quantitative estimate of drug-likeness (QED) is 0.528. The fourth-order valence-corrected chi connectivity index (χ4v) is 3.54. The summed E-state index contributed by atoms with van der Waals surface area (Å²) in [6, 6.07) is 3.23. The second-order valence-corrected chi connectivity index (χ2v) is 9.26. The van der Waals surface area contributed by atoms with Crippen molar-refractivity contribution in [2.24, 2.45) is 11.1 Å². The molecule has 1 aromatic carbocycles. The molecule has 1 saturated heterocycles. The maximum absolute atomic E-state index is 13.4. The average Bonchev–Trinajstić information content (AvgIpc) is 3.03. The number of aliphatic hydroxyl groups excluding tert-OH is 1. The van der Waals surface area contributed by atoms with Gasteiger partial charge in [0.1, 0.15) is 12.1 Å². The van der Waals surface area contributed by atoms with Crippen LogP contribution in [0.2, 0.25) is 5.02 Å². The minimum atomic E-state index is -5.06. The largest absolute Gasteiger partial charge is 0.419 e. The standard InChI is InChI=1S/C20H27ClF3N3O4/c1-18(2,3)15(28)17(30)27-10-19(31,20(22,23)24)7-14(27)16(29)26-9-12-6-13(21)5-4-11(12)8-25/h4-6,14-15,28,31H,7-10,25H2,1-3H3,(H,26,29)/t14-,15+,19?/m0/s1. The molecule has 1 aliphatic heterocycles. The lowest BCUT2D eigenvalue weighted by atomic mass is 9.88. The molecule has 31 heavy (non-hydrogen) atoms. The van der Waals surface area contributed by atoms with Crippen LogP contribution in [0.5, 0.6) is 0 Å². The van der Waals surface area contributed by atoms with E-state index in [9.17, 15) is 33.0 Å². The first-order valence-electron chi connectivity index (χ1n) is 9.63. The third-order valence-electron chi connectivity index (χ3n) is 5.35. The molecule has 1 heterocycles. The Bertz CT molecular complexity index is 844. The van der Waals surface area contributed by atoms with E-state index < -0.39 is 54.1 Å². The summed E-state index contributed by atoms with van der Waals surface area (Å²) >= 11 is 5.95. The van der Waals surface area contributed by atoms with E-state index in [1.807, 2.05) is 0 Å². The van der Waals surface area contributed by atoms with Crippen molar-refractivity contribution in [1.29, 1.82) is 0 Å². The van der Waals surface area contributed by atoms with Gasteiger partial charge in [0.15, 0.2) is 5.60 Å². The number of nitrogens with zero attached hydrogens (tertiary/aromatic N) is 1. The van der Waals surface area contributed by atoms with Crippen LogP contribution in [0.15, 0.2) is 18.2 Å². The molecule has 2 amide bonds. The molecule has 174 valence electrons. The number of nitrogens with two attached hydrogens (primary N) is 1. The number of nitrogens with one attached hydrogen (secondary N) is 1. The molecule has 0 saturated carbocycles. The third-order valence-corrected chi connectivity index (χ3v) is 5.58. The predicted octanol–water partition coefficient (Wildman–Crippen LogP) is 1.72. The highest BCUT2D eigenvalue weighted by molar-refractivity contribution is 6.30. The van der Waals surface area contributed by atoms with Gasteiger partial charge in [-0.05, 0) is 28.7 Å². The fraction of sp³-hybridized carbons (Fsp3) is 0.600. The molecular formula is C20H27ClF3N3O4. The molecule has 1 aromatic rings. The van der Waals surface area contributed by atoms with E-state index >= 15 is 0 Å². The van der Waals surface area contributed by atoms with Crippen LogP contribution in [-0.2, 0) is 22.7 Å². The average molecular weight is 466 g/mol. The van der Waals surface area contributed by atoms with Gasteiger partial charge in [0.25, 0.3) is 5.91 Å². The summed E-state index contributed by atoms with van der Waals surface area (Å²) in [5, 5.41) is 23.3. The number of benzene rings is 1. The van der Waals surface area contributed by atoms with E-state index in [4.69, 9.17) is 17.3 Å². The molecule has 2 rings (SSSR count). The Balaban J connectivity index is 2.28. The lowest BCUT2D eigenvalue weighted by molar-refractivity contribution is -0.254. The molecule has 1 fully saturated rings. The van der Waals surface area contributed by atoms with E-state index in [1.165, 1.54) is 20.8 Å². The summed E-state index contributed by atoms with van der Waals surface area (Å²) in [7, 11) is 0. The van der Waals surface area contributed by atoms with Crippen molar-refractivity contribution in [2.45, 2.75) is 64.2 Å². The summed E-state index contributed by atoms with van der Waals surface area (Å²) in [6.45, 7) is 3.52. The van der Waals surface area contributed by atoms with Gasteiger partial charge in [-0.25, -0.2) is 0 Å². The minimum absolute atomic E-state index is 0.0866. The monoisotopic (exact) mass is 465 g/mol. The van der Waals surface area contributed by atoms with Gasteiger partial charge in [0.05, 0.1) is 6.54 Å². The molecule has 0 radical (unpaired) electrons. The summed E-state index contributed by atoms with van der Waals surface area (Å²) < 4.78 is 40.3. The van der Waals surface area contributed by atoms with Crippen molar-refractivity contribution in [2.75, 3.05) is 6.54 Å². The van der Waals surface area contributed by atoms with Gasteiger partial charge in [-0.2, -0.15) is 13.2 Å². The number of carbonyl (C=O) groups excluding carboxylic acids is 2. The number of amides is 2. The highest BCUT2D eigenvalue weighted by Crippen LogP contribution is 2.41. The molecule has 1 unspecified atom stereocenters. The van der Waals surface area contributed by atoms with Gasteiger partial charge in [0, 0.05) is 24.5 Å². The zero-order valence-corrected chi connectivity index (χ0v) is 18.2. The number of rotatable bonds is 5. The summed E-state index contributed by atoms with van der Waals surface area (Å²) in [5.74, 6) is -1.95. The maximum atomic E-state index is 13.4. The molecule has 1 aliphatic rings. The first-order valence-corrected chi connectivity index (χ1v) is 10.0. The molecule has 0 bridgehead atoms. The third kappa shape index (κ3) is 5.49. The summed E-state index contributed by atoms with van der Waals surface area (Å²) in [6.07, 6.45) is -7.76. The molecule has 0 aromatic heterocycles. The van der Waals surface area contributed by atoms with Gasteiger partial charge in [0.2, 0.25) is 5.91 Å². The van der Waals surface area contributed by atoms with Crippen molar-refractivity contribution in [3.63, 3.8) is 0 Å². The summed E-state index contributed by atoms with van der Waals surface area (Å²) in [5.41, 5.74) is 2.66. The van der Waals surface area contributed by atoms with Crippen molar-refractivity contribution >= 4 is 23.4 Å². The second kappa shape index (κ2) is 8.93. The smallest absolute Gasteiger partial charge is 0.383 e. The number of β-amino-alcohol motifs (C(OH)–C–C–N with tert-alkyl or cyclic N) is 1. The first-order chi connectivity index (χ1) is 14.1.